The number of carbonyl (C=O) groups excluding carboxylic acids is 1. The van der Waals surface area contributed by atoms with Gasteiger partial charge in [0.25, 0.3) is 0 Å². The minimum Gasteiger partial charge on any atom is -0.323 e. The first-order chi connectivity index (χ1) is 12.0. The molecule has 26 heavy (non-hydrogen) atoms. The van der Waals surface area contributed by atoms with Gasteiger partial charge in [-0.05, 0) is 48.0 Å². The number of primary sulfonamides is 1. The molecule has 0 bridgehead atoms. The van der Waals surface area contributed by atoms with E-state index in [0.717, 1.165) is 18.2 Å². The van der Waals surface area contributed by atoms with Gasteiger partial charge in [0.05, 0.1) is 15.5 Å². The summed E-state index contributed by atoms with van der Waals surface area (Å²) in [6.07, 6.45) is -2.37. The minimum absolute atomic E-state index is 0.119. The second-order valence-corrected chi connectivity index (χ2v) is 7.10. The highest BCUT2D eigenvalue weighted by Crippen LogP contribution is 2.35. The van der Waals surface area contributed by atoms with E-state index in [1.165, 1.54) is 36.4 Å². The number of carbonyl (C=O) groups is 1. The highest BCUT2D eigenvalue weighted by atomic mass is 35.5. The van der Waals surface area contributed by atoms with E-state index in [2.05, 4.69) is 5.32 Å². The Kier molecular flexibility index (Phi) is 5.74. The maximum Gasteiger partial charge on any atom is 0.417 e. The van der Waals surface area contributed by atoms with Gasteiger partial charge in [0.1, 0.15) is 0 Å². The predicted octanol–water partition coefficient (Wildman–Crippen LogP) is 3.66. The molecule has 0 saturated carbocycles. The molecule has 0 unspecified atom stereocenters. The Labute approximate surface area is 152 Å². The lowest BCUT2D eigenvalue weighted by molar-refractivity contribution is -0.137. The Bertz CT molecular complexity index is 956. The summed E-state index contributed by atoms with van der Waals surface area (Å²) in [5.74, 6) is -0.614. The molecule has 138 valence electrons. The van der Waals surface area contributed by atoms with Crippen LogP contribution in [-0.4, -0.2) is 14.3 Å². The van der Waals surface area contributed by atoms with Crippen molar-refractivity contribution in [3.8, 4) is 0 Å². The molecule has 10 heteroatoms. The summed E-state index contributed by atoms with van der Waals surface area (Å²) >= 11 is 5.52. The van der Waals surface area contributed by atoms with Crippen molar-refractivity contribution in [1.82, 2.24) is 0 Å². The van der Waals surface area contributed by atoms with Gasteiger partial charge in [-0.15, -0.1) is 0 Å². The van der Waals surface area contributed by atoms with Gasteiger partial charge in [0, 0.05) is 11.8 Å². The van der Waals surface area contributed by atoms with E-state index < -0.39 is 32.7 Å². The van der Waals surface area contributed by atoms with Crippen molar-refractivity contribution in [1.29, 1.82) is 0 Å². The molecule has 0 aliphatic heterocycles. The lowest BCUT2D eigenvalue weighted by Crippen LogP contribution is -2.12. The Balaban J connectivity index is 2.10. The molecule has 0 heterocycles. The largest absolute Gasteiger partial charge is 0.417 e. The van der Waals surface area contributed by atoms with Crippen LogP contribution in [0.1, 0.15) is 11.1 Å². The molecule has 0 fully saturated rings. The Morgan fingerprint density at radius 2 is 1.73 bits per heavy atom. The van der Waals surface area contributed by atoms with Gasteiger partial charge in [-0.2, -0.15) is 13.2 Å². The van der Waals surface area contributed by atoms with E-state index in [-0.39, 0.29) is 10.5 Å². The molecule has 2 aromatic rings. The Morgan fingerprint density at radius 3 is 2.27 bits per heavy atom. The number of alkyl halides is 3. The molecular formula is C16H12ClF3N2O3S. The number of nitrogens with two attached hydrogens (primary N) is 1. The van der Waals surface area contributed by atoms with E-state index in [1.54, 1.807) is 0 Å². The average Bonchev–Trinajstić information content (AvgIpc) is 2.52. The summed E-state index contributed by atoms with van der Waals surface area (Å²) in [6.45, 7) is 0. The molecule has 0 saturated heterocycles. The van der Waals surface area contributed by atoms with Gasteiger partial charge in [-0.25, -0.2) is 13.6 Å². The number of benzene rings is 2. The standard InChI is InChI=1S/C16H12ClF3N2O3S/c17-14-7-1-10(9-13(14)16(18,19)20)2-8-15(23)22-11-3-5-12(6-4-11)26(21,24)25/h1-9H,(H,22,23)(H2,21,24,25)/b8-2+. The van der Waals surface area contributed by atoms with E-state index in [9.17, 15) is 26.4 Å². The molecule has 0 spiro atoms. The summed E-state index contributed by atoms with van der Waals surface area (Å²) < 4.78 is 60.7. The number of anilines is 1. The van der Waals surface area contributed by atoms with Crippen LogP contribution in [0, 0.1) is 0 Å². The highest BCUT2D eigenvalue weighted by Gasteiger charge is 2.33. The van der Waals surface area contributed by atoms with Crippen LogP contribution in [0.3, 0.4) is 0 Å². The van der Waals surface area contributed by atoms with E-state index in [4.69, 9.17) is 16.7 Å². The Morgan fingerprint density at radius 1 is 1.12 bits per heavy atom. The van der Waals surface area contributed by atoms with E-state index in [0.29, 0.717) is 5.69 Å². The summed E-state index contributed by atoms with van der Waals surface area (Å²) in [7, 11) is -3.84. The number of hydrogen-bond donors (Lipinski definition) is 2. The van der Waals surface area contributed by atoms with Crippen LogP contribution >= 0.6 is 11.6 Å². The Hall–Kier alpha value is -2.36. The quantitative estimate of drug-likeness (QED) is 0.762. The molecule has 0 aliphatic carbocycles. The van der Waals surface area contributed by atoms with Crippen LogP contribution in [0.25, 0.3) is 6.08 Å². The van der Waals surface area contributed by atoms with Crippen LogP contribution in [0.4, 0.5) is 18.9 Å². The number of nitrogens with one attached hydrogen (secondary N) is 1. The molecule has 0 aromatic heterocycles. The smallest absolute Gasteiger partial charge is 0.323 e. The lowest BCUT2D eigenvalue weighted by atomic mass is 10.1. The van der Waals surface area contributed by atoms with Gasteiger partial charge in [0.15, 0.2) is 0 Å². The first-order valence-corrected chi connectivity index (χ1v) is 8.88. The van der Waals surface area contributed by atoms with E-state index in [1.807, 2.05) is 0 Å². The topological polar surface area (TPSA) is 89.3 Å². The van der Waals surface area contributed by atoms with Crippen LogP contribution in [0.15, 0.2) is 53.4 Å². The van der Waals surface area contributed by atoms with Crippen molar-refractivity contribution in [2.75, 3.05) is 5.32 Å². The van der Waals surface area contributed by atoms with Gasteiger partial charge < -0.3 is 5.32 Å². The van der Waals surface area contributed by atoms with Crippen molar-refractivity contribution in [2.24, 2.45) is 5.14 Å². The molecule has 2 aromatic carbocycles. The van der Waals surface area contributed by atoms with Gasteiger partial charge in [-0.1, -0.05) is 17.7 Å². The molecule has 2 rings (SSSR count). The zero-order chi connectivity index (χ0) is 19.5. The normalized spacial score (nSPS) is 12.3. The van der Waals surface area contributed by atoms with Crippen LogP contribution < -0.4 is 10.5 Å². The van der Waals surface area contributed by atoms with E-state index >= 15 is 0 Å². The molecule has 0 radical (unpaired) electrons. The maximum atomic E-state index is 12.8. The second-order valence-electron chi connectivity index (χ2n) is 5.13. The zero-order valence-electron chi connectivity index (χ0n) is 12.9. The highest BCUT2D eigenvalue weighted by molar-refractivity contribution is 7.89. The number of rotatable bonds is 4. The monoisotopic (exact) mass is 404 g/mol. The van der Waals surface area contributed by atoms with Crippen LogP contribution in [-0.2, 0) is 21.0 Å². The molecule has 0 atom stereocenters. The maximum absolute atomic E-state index is 12.8. The number of halogens is 4. The number of hydrogen-bond acceptors (Lipinski definition) is 3. The van der Waals surface area contributed by atoms with Crippen LogP contribution in [0.5, 0.6) is 0 Å². The van der Waals surface area contributed by atoms with Gasteiger partial charge in [0.2, 0.25) is 15.9 Å². The number of sulfonamides is 1. The molecule has 1 amide bonds. The zero-order valence-corrected chi connectivity index (χ0v) is 14.5. The van der Waals surface area contributed by atoms with Gasteiger partial charge in [-0.3, -0.25) is 4.79 Å². The first kappa shape index (κ1) is 20.0. The van der Waals surface area contributed by atoms with Crippen molar-refractivity contribution in [3.05, 3.63) is 64.7 Å². The minimum atomic E-state index is -4.60. The third kappa shape index (κ3) is 5.32. The van der Waals surface area contributed by atoms with Crippen molar-refractivity contribution < 1.29 is 26.4 Å². The molecule has 3 N–H and O–H groups in total. The lowest BCUT2D eigenvalue weighted by Gasteiger charge is -2.09. The fraction of sp³-hybridized carbons (Fsp3) is 0.0625. The third-order valence-corrected chi connectivity index (χ3v) is 4.43. The summed E-state index contributed by atoms with van der Waals surface area (Å²) in [4.78, 5) is 11.7. The number of amides is 1. The fourth-order valence-corrected chi connectivity index (χ4v) is 2.69. The average molecular weight is 405 g/mol. The summed E-state index contributed by atoms with van der Waals surface area (Å²) in [5, 5.41) is 6.96. The molecular weight excluding hydrogens is 393 g/mol. The van der Waals surface area contributed by atoms with Crippen molar-refractivity contribution in [2.45, 2.75) is 11.1 Å². The summed E-state index contributed by atoms with van der Waals surface area (Å²) in [6, 6.07) is 8.33. The molecule has 0 aliphatic rings. The van der Waals surface area contributed by atoms with Gasteiger partial charge >= 0.3 is 6.18 Å². The first-order valence-electron chi connectivity index (χ1n) is 6.95. The third-order valence-electron chi connectivity index (χ3n) is 3.17. The van der Waals surface area contributed by atoms with Crippen LogP contribution in [0.2, 0.25) is 5.02 Å². The molecule has 5 nitrogen and oxygen atoms in total. The van der Waals surface area contributed by atoms with Crippen molar-refractivity contribution >= 4 is 39.3 Å². The fourth-order valence-electron chi connectivity index (χ4n) is 1.95. The van der Waals surface area contributed by atoms with Crippen molar-refractivity contribution in [3.63, 3.8) is 0 Å². The SMILES string of the molecule is NS(=O)(=O)c1ccc(NC(=O)/C=C/c2ccc(Cl)c(C(F)(F)F)c2)cc1. The predicted molar refractivity (Wildman–Crippen MR) is 91.9 cm³/mol. The second kappa shape index (κ2) is 7.48. The summed E-state index contributed by atoms with van der Waals surface area (Å²) in [5.41, 5.74) is -0.569.